The summed E-state index contributed by atoms with van der Waals surface area (Å²) in [4.78, 5) is 22.1. The Balaban J connectivity index is 1.24. The van der Waals surface area contributed by atoms with Gasteiger partial charge in [-0.2, -0.15) is 17.6 Å². The van der Waals surface area contributed by atoms with E-state index in [-0.39, 0.29) is 23.4 Å². The number of nitrogens with zero attached hydrogens (tertiary/aromatic N) is 6. The van der Waals surface area contributed by atoms with E-state index in [1.54, 1.807) is 42.0 Å². The molecule has 0 N–H and O–H groups in total. The van der Waals surface area contributed by atoms with E-state index in [9.17, 15) is 22.4 Å². The Bertz CT molecular complexity index is 1840. The molecule has 0 spiro atoms. The number of allylic oxidation sites excluding steroid dienone is 1. The molecule has 1 aromatic carbocycles. The maximum Gasteiger partial charge on any atom is 0.436 e. The Morgan fingerprint density at radius 3 is 2.65 bits per heavy atom. The number of rotatable bonds is 4. The zero-order valence-corrected chi connectivity index (χ0v) is 21.6. The molecule has 5 heterocycles. The van der Waals surface area contributed by atoms with Crippen molar-refractivity contribution in [2.75, 3.05) is 0 Å². The van der Waals surface area contributed by atoms with E-state index in [4.69, 9.17) is 11.6 Å². The Morgan fingerprint density at radius 2 is 1.90 bits per heavy atom. The molecule has 202 valence electrons. The van der Waals surface area contributed by atoms with Crippen LogP contribution in [0.15, 0.2) is 64.6 Å². The van der Waals surface area contributed by atoms with Gasteiger partial charge >= 0.3 is 6.18 Å². The molecular weight excluding hydrogens is 548 g/mol. The van der Waals surface area contributed by atoms with Crippen LogP contribution in [0.4, 0.5) is 17.6 Å². The van der Waals surface area contributed by atoms with Gasteiger partial charge in [-0.15, -0.1) is 5.10 Å². The molecule has 0 bridgehead atoms. The summed E-state index contributed by atoms with van der Waals surface area (Å²) < 4.78 is 56.8. The summed E-state index contributed by atoms with van der Waals surface area (Å²) in [6.07, 6.45) is -0.912. The molecule has 3 aromatic heterocycles. The van der Waals surface area contributed by atoms with Crippen LogP contribution in [0.25, 0.3) is 22.4 Å². The van der Waals surface area contributed by atoms with Gasteiger partial charge in [0.25, 0.3) is 5.56 Å². The number of aryl methyl sites for hydroxylation is 1. The molecule has 3 atom stereocenters. The van der Waals surface area contributed by atoms with Crippen molar-refractivity contribution in [1.29, 1.82) is 0 Å². The van der Waals surface area contributed by atoms with Crippen LogP contribution < -0.4 is 5.56 Å². The first-order valence-electron chi connectivity index (χ1n) is 12.5. The van der Waals surface area contributed by atoms with Crippen molar-refractivity contribution in [3.63, 3.8) is 0 Å². The predicted molar refractivity (Wildman–Crippen MR) is 140 cm³/mol. The van der Waals surface area contributed by atoms with Gasteiger partial charge in [-0.25, -0.2) is 9.67 Å². The van der Waals surface area contributed by atoms with E-state index in [1.807, 2.05) is 6.07 Å². The van der Waals surface area contributed by atoms with Crippen LogP contribution in [0.1, 0.15) is 47.4 Å². The number of benzene rings is 1. The molecule has 1 saturated carbocycles. The predicted octanol–water partition coefficient (Wildman–Crippen LogP) is 6.15. The minimum Gasteiger partial charge on any atom is -0.303 e. The first kappa shape index (κ1) is 24.9. The normalized spacial score (nSPS) is 21.2. The van der Waals surface area contributed by atoms with E-state index in [1.165, 1.54) is 12.1 Å². The Morgan fingerprint density at radius 1 is 1.07 bits per heavy atom. The lowest BCUT2D eigenvalue weighted by Gasteiger charge is -2.20. The molecule has 0 amide bonds. The molecule has 0 saturated heterocycles. The summed E-state index contributed by atoms with van der Waals surface area (Å²) in [5.74, 6) is -0.209. The fraction of sp³-hybridized carbons (Fsp3) is 0.250. The van der Waals surface area contributed by atoms with Crippen molar-refractivity contribution in [3.8, 4) is 16.8 Å². The van der Waals surface area contributed by atoms with Crippen LogP contribution in [0.3, 0.4) is 0 Å². The van der Waals surface area contributed by atoms with Crippen LogP contribution >= 0.6 is 11.6 Å². The van der Waals surface area contributed by atoms with E-state index in [0.29, 0.717) is 45.1 Å². The highest BCUT2D eigenvalue weighted by atomic mass is 35.5. The number of aliphatic imine (C=N–C) groups is 1. The minimum atomic E-state index is -4.65. The molecule has 40 heavy (non-hydrogen) atoms. The van der Waals surface area contributed by atoms with Crippen LogP contribution in [0.2, 0.25) is 5.02 Å². The van der Waals surface area contributed by atoms with Crippen molar-refractivity contribution in [1.82, 2.24) is 24.5 Å². The highest BCUT2D eigenvalue weighted by molar-refractivity contribution is 6.31. The zero-order valence-electron chi connectivity index (χ0n) is 20.8. The lowest BCUT2D eigenvalue weighted by Crippen LogP contribution is -2.29. The second-order valence-electron chi connectivity index (χ2n) is 10.3. The van der Waals surface area contributed by atoms with Gasteiger partial charge in [-0.1, -0.05) is 16.8 Å². The molecule has 0 radical (unpaired) electrons. The lowest BCUT2D eigenvalue weighted by atomic mass is 9.98. The SMILES string of the molecule is Cc1ccc(C2=CN=C(C3C4CC4c4cc(-c5cc(Cl)ccc5-n5cc(C(F)(F)F)nn5)cc(=O)n43)C2)c(F)n1. The largest absolute Gasteiger partial charge is 0.436 e. The first-order chi connectivity index (χ1) is 19.1. The monoisotopic (exact) mass is 566 g/mol. The molecule has 3 unspecified atom stereocenters. The van der Waals surface area contributed by atoms with E-state index >= 15 is 0 Å². The second kappa shape index (κ2) is 8.69. The van der Waals surface area contributed by atoms with Crippen LogP contribution in [0, 0.1) is 18.8 Å². The van der Waals surface area contributed by atoms with Gasteiger partial charge in [0.05, 0.1) is 17.9 Å². The number of hydrogen-bond acceptors (Lipinski definition) is 5. The molecule has 7 nitrogen and oxygen atoms in total. The van der Waals surface area contributed by atoms with Crippen molar-refractivity contribution in [2.45, 2.75) is 37.9 Å². The summed E-state index contributed by atoms with van der Waals surface area (Å²) in [6.45, 7) is 1.72. The molecule has 7 rings (SSSR count). The number of halogens is 5. The highest BCUT2D eigenvalue weighted by Crippen LogP contribution is 2.60. The third-order valence-electron chi connectivity index (χ3n) is 7.73. The Labute approximate surface area is 229 Å². The van der Waals surface area contributed by atoms with Gasteiger partial charge in [0.1, 0.15) is 0 Å². The maximum absolute atomic E-state index is 14.5. The number of pyridine rings is 2. The molecule has 12 heteroatoms. The highest BCUT2D eigenvalue weighted by Gasteiger charge is 2.54. The number of fused-ring (bicyclic) bond motifs is 3. The van der Waals surface area contributed by atoms with E-state index < -0.39 is 17.8 Å². The summed E-state index contributed by atoms with van der Waals surface area (Å²) in [5, 5.41) is 7.27. The minimum absolute atomic E-state index is 0.146. The van der Waals surface area contributed by atoms with Crippen molar-refractivity contribution in [2.24, 2.45) is 10.9 Å². The maximum atomic E-state index is 14.5. The van der Waals surface area contributed by atoms with Crippen LogP contribution in [-0.2, 0) is 6.18 Å². The Kier molecular flexibility index (Phi) is 5.41. The molecule has 2 aliphatic heterocycles. The van der Waals surface area contributed by atoms with Crippen LogP contribution in [0.5, 0.6) is 0 Å². The van der Waals surface area contributed by atoms with E-state index in [0.717, 1.165) is 28.7 Å². The number of aromatic nitrogens is 5. The molecule has 1 fully saturated rings. The van der Waals surface area contributed by atoms with Crippen molar-refractivity contribution >= 4 is 22.9 Å². The third kappa shape index (κ3) is 3.98. The van der Waals surface area contributed by atoms with Gasteiger partial charge in [0.15, 0.2) is 5.69 Å². The van der Waals surface area contributed by atoms with Gasteiger partial charge in [-0.05, 0) is 66.8 Å². The fourth-order valence-corrected chi connectivity index (χ4v) is 6.01. The smallest absolute Gasteiger partial charge is 0.303 e. The fourth-order valence-electron chi connectivity index (χ4n) is 5.84. The molecule has 1 aliphatic carbocycles. The van der Waals surface area contributed by atoms with E-state index in [2.05, 4.69) is 20.3 Å². The van der Waals surface area contributed by atoms with Gasteiger partial charge in [-0.3, -0.25) is 9.79 Å². The second-order valence-corrected chi connectivity index (χ2v) is 10.7. The van der Waals surface area contributed by atoms with Crippen molar-refractivity contribution < 1.29 is 17.6 Å². The first-order valence-corrected chi connectivity index (χ1v) is 12.9. The topological polar surface area (TPSA) is 78.0 Å². The summed E-state index contributed by atoms with van der Waals surface area (Å²) >= 11 is 6.26. The lowest BCUT2D eigenvalue weighted by molar-refractivity contribution is -0.141. The average Bonchev–Trinajstić information content (AvgIpc) is 3.22. The van der Waals surface area contributed by atoms with Gasteiger partial charge in [0, 0.05) is 57.9 Å². The summed E-state index contributed by atoms with van der Waals surface area (Å²) in [7, 11) is 0. The zero-order chi connectivity index (χ0) is 27.9. The van der Waals surface area contributed by atoms with Gasteiger partial charge < -0.3 is 4.57 Å². The van der Waals surface area contributed by atoms with Crippen LogP contribution in [-0.4, -0.2) is 30.3 Å². The standard InChI is InChI=1S/C28H19ClF4N6O/c1-13-2-4-17(27(30)35-13)15-6-21(34-11-15)26-20-10-19(20)23-7-14(8-25(40)39(23)26)18-9-16(29)3-5-22(18)38-12-24(36-37-38)28(31,32)33/h2-5,7-9,11-12,19-20,26H,6,10H2,1H3. The Hall–Kier alpha value is -4.12. The summed E-state index contributed by atoms with van der Waals surface area (Å²) in [5.41, 5.74) is 3.21. The van der Waals surface area contributed by atoms with Gasteiger partial charge in [0.2, 0.25) is 5.95 Å². The third-order valence-corrected chi connectivity index (χ3v) is 7.97. The van der Waals surface area contributed by atoms with Crippen molar-refractivity contribution in [3.05, 3.63) is 98.8 Å². The molecule has 4 aromatic rings. The summed E-state index contributed by atoms with van der Waals surface area (Å²) in [6, 6.07) is 11.2. The quantitative estimate of drug-likeness (QED) is 0.219. The number of hydrogen-bond donors (Lipinski definition) is 0. The molecular formula is C28H19ClF4N6O. The average molecular weight is 567 g/mol. The number of alkyl halides is 3. The molecule has 3 aliphatic rings.